The van der Waals surface area contributed by atoms with Gasteiger partial charge in [0.05, 0.1) is 18.1 Å². The number of hydrogen-bond acceptors (Lipinski definition) is 3. The highest BCUT2D eigenvalue weighted by molar-refractivity contribution is 6.08. The van der Waals surface area contributed by atoms with Crippen LogP contribution in [-0.2, 0) is 11.2 Å². The Balaban J connectivity index is 1.90. The lowest BCUT2D eigenvalue weighted by molar-refractivity contribution is -0.118. The van der Waals surface area contributed by atoms with Gasteiger partial charge in [-0.2, -0.15) is 5.26 Å². The van der Waals surface area contributed by atoms with Crippen molar-refractivity contribution >= 4 is 11.6 Å². The summed E-state index contributed by atoms with van der Waals surface area (Å²) in [5, 5.41) is 8.80. The van der Waals surface area contributed by atoms with E-state index in [1.165, 1.54) is 18.2 Å². The average molecular weight is 295 g/mol. The van der Waals surface area contributed by atoms with E-state index in [2.05, 4.69) is 0 Å². The molecule has 3 nitrogen and oxygen atoms in total. The van der Waals surface area contributed by atoms with Gasteiger partial charge < -0.3 is 0 Å². The Morgan fingerprint density at radius 3 is 2.50 bits per heavy atom. The number of hydrogen-bond donors (Lipinski definition) is 0. The minimum atomic E-state index is -0.317. The van der Waals surface area contributed by atoms with E-state index < -0.39 is 0 Å². The summed E-state index contributed by atoms with van der Waals surface area (Å²) in [6, 6.07) is 14.2. The number of benzene rings is 2. The molecule has 0 fully saturated rings. The lowest BCUT2D eigenvalue weighted by Crippen LogP contribution is -2.09. The molecule has 22 heavy (non-hydrogen) atoms. The zero-order valence-electron chi connectivity index (χ0n) is 11.9. The fraction of sp³-hybridized carbons (Fsp3) is 0.167. The molecule has 0 aromatic heterocycles. The molecule has 0 bridgehead atoms. The number of nitriles is 1. The van der Waals surface area contributed by atoms with Crippen LogP contribution in [0.1, 0.15) is 34.3 Å². The monoisotopic (exact) mass is 295 g/mol. The number of nitrogens with zero attached hydrogens (tertiary/aromatic N) is 1. The van der Waals surface area contributed by atoms with Crippen LogP contribution in [0.15, 0.2) is 48.5 Å². The van der Waals surface area contributed by atoms with Gasteiger partial charge in [-0.15, -0.1) is 0 Å². The molecule has 2 rings (SSSR count). The van der Waals surface area contributed by atoms with E-state index in [4.69, 9.17) is 5.26 Å². The molecular weight excluding hydrogens is 281 g/mol. The second-order valence-electron chi connectivity index (χ2n) is 4.96. The van der Waals surface area contributed by atoms with Crippen LogP contribution in [0.2, 0.25) is 0 Å². The third-order valence-electron chi connectivity index (χ3n) is 3.28. The van der Waals surface area contributed by atoms with Gasteiger partial charge in [-0.1, -0.05) is 24.3 Å². The number of ketones is 2. The number of carbonyl (C=O) groups is 2. The first-order valence-corrected chi connectivity index (χ1v) is 6.88. The molecule has 0 aliphatic heterocycles. The normalized spacial score (nSPS) is 10.0. The van der Waals surface area contributed by atoms with Crippen molar-refractivity contribution in [3.63, 3.8) is 0 Å². The van der Waals surface area contributed by atoms with Crippen molar-refractivity contribution in [2.45, 2.75) is 19.3 Å². The van der Waals surface area contributed by atoms with Crippen molar-refractivity contribution in [3.05, 3.63) is 71.0 Å². The highest BCUT2D eigenvalue weighted by Gasteiger charge is 2.12. The molecule has 0 spiro atoms. The molecule has 0 amide bonds. The highest BCUT2D eigenvalue weighted by Crippen LogP contribution is 2.10. The molecule has 0 heterocycles. The summed E-state index contributed by atoms with van der Waals surface area (Å²) in [6.07, 6.45) is 0.524. The van der Waals surface area contributed by atoms with Crippen molar-refractivity contribution in [2.75, 3.05) is 0 Å². The van der Waals surface area contributed by atoms with Crippen molar-refractivity contribution in [1.29, 1.82) is 5.26 Å². The molecule has 0 aliphatic carbocycles. The first-order valence-electron chi connectivity index (χ1n) is 6.88. The second kappa shape index (κ2) is 7.28. The SMILES string of the molecule is N#Cc1cccc(C(=O)CC(=O)CCc2ccc(F)cc2)c1. The van der Waals surface area contributed by atoms with Gasteiger partial charge in [0.15, 0.2) is 5.78 Å². The maximum absolute atomic E-state index is 12.8. The van der Waals surface area contributed by atoms with E-state index in [1.54, 1.807) is 30.3 Å². The number of rotatable bonds is 6. The second-order valence-corrected chi connectivity index (χ2v) is 4.96. The van der Waals surface area contributed by atoms with Crippen molar-refractivity contribution < 1.29 is 14.0 Å². The quantitative estimate of drug-likeness (QED) is 0.605. The summed E-state index contributed by atoms with van der Waals surface area (Å²) >= 11 is 0. The van der Waals surface area contributed by atoms with Gasteiger partial charge in [0.1, 0.15) is 11.6 Å². The average Bonchev–Trinajstić information content (AvgIpc) is 2.54. The highest BCUT2D eigenvalue weighted by atomic mass is 19.1. The summed E-state index contributed by atoms with van der Waals surface area (Å²) in [5.41, 5.74) is 1.62. The smallest absolute Gasteiger partial charge is 0.170 e. The van der Waals surface area contributed by atoms with Crippen molar-refractivity contribution in [3.8, 4) is 6.07 Å². The lowest BCUT2D eigenvalue weighted by atomic mass is 10.0. The Morgan fingerprint density at radius 2 is 1.82 bits per heavy atom. The third-order valence-corrected chi connectivity index (χ3v) is 3.28. The molecule has 0 saturated heterocycles. The van der Waals surface area contributed by atoms with E-state index in [0.29, 0.717) is 17.5 Å². The maximum atomic E-state index is 12.8. The van der Waals surface area contributed by atoms with Gasteiger partial charge in [0.2, 0.25) is 0 Å². The summed E-state index contributed by atoms with van der Waals surface area (Å²) < 4.78 is 12.8. The summed E-state index contributed by atoms with van der Waals surface area (Å²) in [7, 11) is 0. The topological polar surface area (TPSA) is 57.9 Å². The minimum Gasteiger partial charge on any atom is -0.299 e. The Morgan fingerprint density at radius 1 is 1.09 bits per heavy atom. The Labute approximate surface area is 128 Å². The zero-order chi connectivity index (χ0) is 15.9. The van der Waals surface area contributed by atoms with E-state index in [-0.39, 0.29) is 30.2 Å². The van der Waals surface area contributed by atoms with Gasteiger partial charge in [-0.05, 0) is 36.2 Å². The molecule has 110 valence electrons. The van der Waals surface area contributed by atoms with Crippen LogP contribution in [-0.4, -0.2) is 11.6 Å². The third kappa shape index (κ3) is 4.35. The van der Waals surface area contributed by atoms with Crippen LogP contribution in [0.3, 0.4) is 0 Å². The molecule has 2 aromatic carbocycles. The first-order chi connectivity index (χ1) is 10.6. The largest absolute Gasteiger partial charge is 0.299 e. The number of aryl methyl sites for hydroxylation is 1. The predicted molar refractivity (Wildman–Crippen MR) is 79.8 cm³/mol. The van der Waals surface area contributed by atoms with Crippen LogP contribution in [0.25, 0.3) is 0 Å². The molecule has 0 aliphatic rings. The van der Waals surface area contributed by atoms with E-state index >= 15 is 0 Å². The van der Waals surface area contributed by atoms with Gasteiger partial charge in [0.25, 0.3) is 0 Å². The molecule has 4 heteroatoms. The minimum absolute atomic E-state index is 0.170. The number of Topliss-reactive ketones (excluding diaryl/α,β-unsaturated/α-hetero) is 2. The van der Waals surface area contributed by atoms with E-state index in [9.17, 15) is 14.0 Å². The molecular formula is C18H14FNO2. The standard InChI is InChI=1S/C18H14FNO2/c19-16-7-4-13(5-8-16)6-9-17(21)11-18(22)15-3-1-2-14(10-15)12-20/h1-5,7-8,10H,6,9,11H2. The summed E-state index contributed by atoms with van der Waals surface area (Å²) in [5.74, 6) is -0.777. The van der Waals surface area contributed by atoms with Crippen LogP contribution in [0.4, 0.5) is 4.39 Å². The van der Waals surface area contributed by atoms with Crippen LogP contribution in [0.5, 0.6) is 0 Å². The number of halogens is 1. The summed E-state index contributed by atoms with van der Waals surface area (Å²) in [6.45, 7) is 0. The van der Waals surface area contributed by atoms with Gasteiger partial charge in [0, 0.05) is 12.0 Å². The molecule has 2 aromatic rings. The molecule has 0 unspecified atom stereocenters. The lowest BCUT2D eigenvalue weighted by Gasteiger charge is -2.03. The maximum Gasteiger partial charge on any atom is 0.170 e. The molecule has 0 saturated carbocycles. The Bertz CT molecular complexity index is 729. The van der Waals surface area contributed by atoms with Gasteiger partial charge in [-0.25, -0.2) is 4.39 Å². The van der Waals surface area contributed by atoms with E-state index in [0.717, 1.165) is 5.56 Å². The Hall–Kier alpha value is -2.80. The van der Waals surface area contributed by atoms with Crippen molar-refractivity contribution in [2.24, 2.45) is 0 Å². The van der Waals surface area contributed by atoms with Gasteiger partial charge >= 0.3 is 0 Å². The Kier molecular flexibility index (Phi) is 5.16. The van der Waals surface area contributed by atoms with Crippen LogP contribution >= 0.6 is 0 Å². The van der Waals surface area contributed by atoms with Crippen LogP contribution < -0.4 is 0 Å². The zero-order valence-corrected chi connectivity index (χ0v) is 11.9. The molecule has 0 N–H and O–H groups in total. The van der Waals surface area contributed by atoms with Crippen molar-refractivity contribution in [1.82, 2.24) is 0 Å². The number of carbonyl (C=O) groups excluding carboxylic acids is 2. The fourth-order valence-electron chi connectivity index (χ4n) is 2.07. The van der Waals surface area contributed by atoms with E-state index in [1.807, 2.05) is 6.07 Å². The predicted octanol–water partition coefficient (Wildman–Crippen LogP) is 3.47. The molecule has 0 atom stereocenters. The van der Waals surface area contributed by atoms with Gasteiger partial charge in [-0.3, -0.25) is 9.59 Å². The first kappa shape index (κ1) is 15.6. The fourth-order valence-corrected chi connectivity index (χ4v) is 2.07. The molecule has 0 radical (unpaired) electrons. The van der Waals surface area contributed by atoms with Crippen LogP contribution in [0, 0.1) is 17.1 Å². The summed E-state index contributed by atoms with van der Waals surface area (Å²) in [4.78, 5) is 23.9.